The molecule has 1 aliphatic carbocycles. The molecule has 1 aliphatic rings. The second-order valence-electron chi connectivity index (χ2n) is 2.47. The molecule has 0 bridgehead atoms. The molecule has 0 aromatic heterocycles. The van der Waals surface area contributed by atoms with E-state index in [-0.39, 0.29) is 5.25 Å². The first kappa shape index (κ1) is 7.02. The summed E-state index contributed by atoms with van der Waals surface area (Å²) in [5.41, 5.74) is 4.72. The van der Waals surface area contributed by atoms with Gasteiger partial charge in [0.25, 0.3) is 0 Å². The molecule has 0 unspecified atom stereocenters. The first-order valence-electron chi connectivity index (χ1n) is 2.73. The second-order valence-corrected chi connectivity index (χ2v) is 3.32. The van der Waals surface area contributed by atoms with E-state index < -0.39 is 5.54 Å². The van der Waals surface area contributed by atoms with Crippen LogP contribution in [0.15, 0.2) is 0 Å². The lowest BCUT2D eigenvalue weighted by Gasteiger charge is -2.37. The molecule has 2 N–H and O–H groups in total. The summed E-state index contributed by atoms with van der Waals surface area (Å²) in [4.78, 5) is 10.1. The first-order valence-corrected chi connectivity index (χ1v) is 3.51. The molecule has 0 aromatic rings. The topological polar surface area (TPSA) is 43.1 Å². The van der Waals surface area contributed by atoms with Gasteiger partial charge in [-0.3, -0.25) is 0 Å². The summed E-state index contributed by atoms with van der Waals surface area (Å²) >= 11 is 0.290. The number of carbonyl (C=O) groups excluding carboxylic acids is 1. The largest absolute Gasteiger partial charge is 0.319 e. The van der Waals surface area contributed by atoms with Crippen molar-refractivity contribution in [1.29, 1.82) is 0 Å². The van der Waals surface area contributed by atoms with E-state index in [1.54, 1.807) is 0 Å². The van der Waals surface area contributed by atoms with Crippen LogP contribution in [0.4, 0.5) is 3.89 Å². The fourth-order valence-corrected chi connectivity index (χ4v) is 1.69. The highest BCUT2D eigenvalue weighted by Gasteiger charge is 2.41. The summed E-state index contributed by atoms with van der Waals surface area (Å²) in [6.45, 7) is 0. The van der Waals surface area contributed by atoms with Gasteiger partial charge in [0.1, 0.15) is 6.29 Å². The lowest BCUT2D eigenvalue weighted by atomic mass is 9.78. The van der Waals surface area contributed by atoms with Crippen molar-refractivity contribution < 1.29 is 8.68 Å². The molecule has 0 aliphatic heterocycles. The normalized spacial score (nSPS) is 41.8. The number of carbonyl (C=O) groups is 1. The van der Waals surface area contributed by atoms with Crippen LogP contribution in [-0.4, -0.2) is 17.1 Å². The zero-order valence-corrected chi connectivity index (χ0v) is 5.66. The van der Waals surface area contributed by atoms with E-state index in [0.29, 0.717) is 31.3 Å². The summed E-state index contributed by atoms with van der Waals surface area (Å²) in [5, 5.41) is -0.0415. The number of rotatable bonds is 2. The molecular formula is C5H8FNOS. The Hall–Kier alpha value is -0.0900. The molecule has 0 amide bonds. The molecule has 0 heterocycles. The SMILES string of the molecule is NC1(C=O)CC(SF)C1. The maximum absolute atomic E-state index is 11.7. The standard InChI is InChI=1S/C5H8FNOS/c6-9-4-1-5(7,2-4)3-8/h3-4H,1-2,7H2. The fraction of sp³-hybridized carbons (Fsp3) is 0.800. The van der Waals surface area contributed by atoms with Crippen LogP contribution in [-0.2, 0) is 4.79 Å². The van der Waals surface area contributed by atoms with Crippen LogP contribution in [0, 0.1) is 0 Å². The van der Waals surface area contributed by atoms with Crippen LogP contribution < -0.4 is 5.73 Å². The molecule has 0 spiro atoms. The molecule has 1 saturated carbocycles. The molecule has 9 heavy (non-hydrogen) atoms. The van der Waals surface area contributed by atoms with E-state index >= 15 is 0 Å². The first-order chi connectivity index (χ1) is 4.20. The molecule has 0 atom stereocenters. The van der Waals surface area contributed by atoms with Gasteiger partial charge in [-0.15, -0.1) is 0 Å². The molecular weight excluding hydrogens is 141 g/mol. The lowest BCUT2D eigenvalue weighted by molar-refractivity contribution is -0.114. The van der Waals surface area contributed by atoms with Crippen molar-refractivity contribution in [3.8, 4) is 0 Å². The number of aldehydes is 1. The Bertz CT molecular complexity index is 124. The average molecular weight is 149 g/mol. The quantitative estimate of drug-likeness (QED) is 0.586. The van der Waals surface area contributed by atoms with Gasteiger partial charge in [-0.25, -0.2) is 0 Å². The van der Waals surface area contributed by atoms with Crippen LogP contribution in [0.2, 0.25) is 0 Å². The molecule has 1 rings (SSSR count). The number of halogens is 1. The highest BCUT2D eigenvalue weighted by atomic mass is 32.2. The maximum atomic E-state index is 11.7. The molecule has 2 nitrogen and oxygen atoms in total. The number of hydrogen-bond donors (Lipinski definition) is 1. The Morgan fingerprint density at radius 2 is 2.33 bits per heavy atom. The van der Waals surface area contributed by atoms with Crippen molar-refractivity contribution >= 4 is 18.4 Å². The Morgan fingerprint density at radius 3 is 2.67 bits per heavy atom. The van der Waals surface area contributed by atoms with E-state index in [4.69, 9.17) is 5.73 Å². The minimum absolute atomic E-state index is 0.0415. The van der Waals surface area contributed by atoms with E-state index in [1.807, 2.05) is 0 Å². The van der Waals surface area contributed by atoms with Crippen molar-refractivity contribution in [3.63, 3.8) is 0 Å². The molecule has 52 valence electrons. The summed E-state index contributed by atoms with van der Waals surface area (Å²) < 4.78 is 11.7. The Morgan fingerprint density at radius 1 is 1.78 bits per heavy atom. The molecule has 0 aromatic carbocycles. The summed E-state index contributed by atoms with van der Waals surface area (Å²) in [7, 11) is 0. The fourth-order valence-electron chi connectivity index (χ4n) is 0.947. The minimum atomic E-state index is -0.705. The molecule has 0 saturated heterocycles. The highest BCUT2D eigenvalue weighted by molar-refractivity contribution is 7.95. The van der Waals surface area contributed by atoms with Crippen molar-refractivity contribution in [2.24, 2.45) is 5.73 Å². The van der Waals surface area contributed by atoms with Crippen LogP contribution in [0.1, 0.15) is 12.8 Å². The van der Waals surface area contributed by atoms with Gasteiger partial charge in [-0.05, 0) is 12.8 Å². The van der Waals surface area contributed by atoms with E-state index in [9.17, 15) is 8.68 Å². The van der Waals surface area contributed by atoms with Crippen molar-refractivity contribution in [1.82, 2.24) is 0 Å². The van der Waals surface area contributed by atoms with E-state index in [2.05, 4.69) is 0 Å². The zero-order chi connectivity index (χ0) is 6.91. The smallest absolute Gasteiger partial charge is 0.139 e. The molecule has 0 radical (unpaired) electrons. The van der Waals surface area contributed by atoms with Gasteiger partial charge in [-0.1, -0.05) is 0 Å². The van der Waals surface area contributed by atoms with Gasteiger partial charge in [0.2, 0.25) is 0 Å². The van der Waals surface area contributed by atoms with E-state index in [1.165, 1.54) is 0 Å². The predicted octanol–water partition coefficient (Wildman–Crippen LogP) is 0.663. The van der Waals surface area contributed by atoms with Crippen LogP contribution in [0.25, 0.3) is 0 Å². The van der Waals surface area contributed by atoms with Gasteiger partial charge in [0.15, 0.2) is 0 Å². The Balaban J connectivity index is 2.32. The second kappa shape index (κ2) is 2.27. The zero-order valence-electron chi connectivity index (χ0n) is 4.84. The predicted molar refractivity (Wildman–Crippen MR) is 34.7 cm³/mol. The highest BCUT2D eigenvalue weighted by Crippen LogP contribution is 2.37. The maximum Gasteiger partial charge on any atom is 0.139 e. The van der Waals surface area contributed by atoms with Crippen LogP contribution in [0.5, 0.6) is 0 Å². The summed E-state index contributed by atoms with van der Waals surface area (Å²) in [6.07, 6.45) is 1.68. The van der Waals surface area contributed by atoms with Crippen molar-refractivity contribution in [2.75, 3.05) is 0 Å². The van der Waals surface area contributed by atoms with Crippen molar-refractivity contribution in [2.45, 2.75) is 23.6 Å². The van der Waals surface area contributed by atoms with Crippen molar-refractivity contribution in [3.05, 3.63) is 0 Å². The summed E-state index contributed by atoms with van der Waals surface area (Å²) in [5.74, 6) is 0. The minimum Gasteiger partial charge on any atom is -0.319 e. The third-order valence-electron chi connectivity index (χ3n) is 1.58. The lowest BCUT2D eigenvalue weighted by Crippen LogP contribution is -2.54. The Kier molecular flexibility index (Phi) is 1.77. The third kappa shape index (κ3) is 1.24. The van der Waals surface area contributed by atoms with Crippen LogP contribution >= 0.6 is 12.1 Å². The van der Waals surface area contributed by atoms with E-state index in [0.717, 1.165) is 0 Å². The number of nitrogens with two attached hydrogens (primary N) is 1. The number of hydrogen-bond acceptors (Lipinski definition) is 3. The van der Waals surface area contributed by atoms with Gasteiger partial charge >= 0.3 is 0 Å². The molecule has 4 heteroatoms. The van der Waals surface area contributed by atoms with Gasteiger partial charge < -0.3 is 10.5 Å². The van der Waals surface area contributed by atoms with Gasteiger partial charge in [-0.2, -0.15) is 3.89 Å². The van der Waals surface area contributed by atoms with Gasteiger partial charge in [0.05, 0.1) is 5.54 Å². The molecule has 1 fully saturated rings. The van der Waals surface area contributed by atoms with Gasteiger partial charge in [0, 0.05) is 17.4 Å². The average Bonchev–Trinajstić information content (AvgIpc) is 1.81. The summed E-state index contributed by atoms with van der Waals surface area (Å²) in [6, 6.07) is 0. The van der Waals surface area contributed by atoms with Crippen LogP contribution in [0.3, 0.4) is 0 Å². The third-order valence-corrected chi connectivity index (χ3v) is 2.16. The Labute approximate surface area is 57.3 Å². The monoisotopic (exact) mass is 149 g/mol.